The molecular weight excluding hydrogens is 308 g/mol. The Hall–Kier alpha value is -1.87. The van der Waals surface area contributed by atoms with E-state index in [1.807, 2.05) is 0 Å². The first kappa shape index (κ1) is 16.6. The van der Waals surface area contributed by atoms with Crippen LogP contribution in [0.2, 0.25) is 0 Å². The minimum atomic E-state index is 0.312. The van der Waals surface area contributed by atoms with E-state index in [1.54, 1.807) is 0 Å². The molecule has 1 aliphatic heterocycles. The first-order chi connectivity index (χ1) is 12.3. The number of benzene rings is 2. The van der Waals surface area contributed by atoms with Gasteiger partial charge in [-0.15, -0.1) is 0 Å². The average molecular weight is 336 g/mol. The van der Waals surface area contributed by atoms with E-state index in [4.69, 9.17) is 0 Å². The van der Waals surface area contributed by atoms with Gasteiger partial charge in [-0.1, -0.05) is 49.2 Å². The van der Waals surface area contributed by atoms with Crippen LogP contribution in [-0.2, 0) is 11.3 Å². The van der Waals surface area contributed by atoms with Crippen molar-refractivity contribution >= 4 is 16.7 Å². The van der Waals surface area contributed by atoms with Gasteiger partial charge in [0.2, 0.25) is 5.91 Å². The molecule has 132 valence electrons. The van der Waals surface area contributed by atoms with Gasteiger partial charge in [0, 0.05) is 38.6 Å². The number of carbonyl (C=O) groups is 1. The molecule has 0 atom stereocenters. The second-order valence-corrected chi connectivity index (χ2v) is 7.62. The van der Waals surface area contributed by atoms with Crippen molar-refractivity contribution in [2.45, 2.75) is 38.6 Å². The Morgan fingerprint density at radius 3 is 2.52 bits per heavy atom. The number of rotatable bonds is 3. The first-order valence-electron chi connectivity index (χ1n) is 9.78. The highest BCUT2D eigenvalue weighted by Gasteiger charge is 2.28. The number of hydrogen-bond donors (Lipinski definition) is 0. The lowest BCUT2D eigenvalue weighted by molar-refractivity contribution is -0.135. The van der Waals surface area contributed by atoms with Crippen LogP contribution in [0.1, 0.15) is 37.7 Å². The Kier molecular flexibility index (Phi) is 5.02. The SMILES string of the molecule is O=C(C1CCCC1)N1CCCN(Cc2ccc3ccccc3c2)CC1. The lowest BCUT2D eigenvalue weighted by Gasteiger charge is -2.24. The normalized spacial score (nSPS) is 20.1. The largest absolute Gasteiger partial charge is 0.341 e. The standard InChI is InChI=1S/C22H28N2O/c25-22(20-7-2-3-8-20)24-13-5-12-23(14-15-24)17-18-10-11-19-6-1-4-9-21(19)16-18/h1,4,6,9-11,16,20H,2-3,5,7-8,12-15,17H2. The van der Waals surface area contributed by atoms with Gasteiger partial charge in [-0.3, -0.25) is 9.69 Å². The van der Waals surface area contributed by atoms with E-state index in [-0.39, 0.29) is 0 Å². The van der Waals surface area contributed by atoms with Gasteiger partial charge in [-0.05, 0) is 41.7 Å². The summed E-state index contributed by atoms with van der Waals surface area (Å²) in [6, 6.07) is 15.3. The maximum Gasteiger partial charge on any atom is 0.225 e. The Morgan fingerprint density at radius 2 is 1.68 bits per heavy atom. The van der Waals surface area contributed by atoms with E-state index >= 15 is 0 Å². The van der Waals surface area contributed by atoms with Crippen LogP contribution in [0, 0.1) is 5.92 Å². The summed E-state index contributed by atoms with van der Waals surface area (Å²) in [5, 5.41) is 2.61. The van der Waals surface area contributed by atoms with Gasteiger partial charge in [-0.2, -0.15) is 0 Å². The van der Waals surface area contributed by atoms with Crippen molar-refractivity contribution in [1.82, 2.24) is 9.80 Å². The minimum Gasteiger partial charge on any atom is -0.341 e. The Morgan fingerprint density at radius 1 is 0.880 bits per heavy atom. The van der Waals surface area contributed by atoms with Crippen LogP contribution < -0.4 is 0 Å². The van der Waals surface area contributed by atoms with Gasteiger partial charge < -0.3 is 4.90 Å². The molecule has 0 bridgehead atoms. The summed E-state index contributed by atoms with van der Waals surface area (Å²) in [7, 11) is 0. The fourth-order valence-corrected chi connectivity index (χ4v) is 4.38. The third kappa shape index (κ3) is 3.87. The van der Waals surface area contributed by atoms with Crippen molar-refractivity contribution in [3.05, 3.63) is 48.0 Å². The molecular formula is C22H28N2O. The summed E-state index contributed by atoms with van der Waals surface area (Å²) in [4.78, 5) is 17.3. The third-order valence-electron chi connectivity index (χ3n) is 5.82. The van der Waals surface area contributed by atoms with Crippen LogP contribution >= 0.6 is 0 Å². The Balaban J connectivity index is 1.37. The zero-order valence-electron chi connectivity index (χ0n) is 15.0. The summed E-state index contributed by atoms with van der Waals surface area (Å²) < 4.78 is 0. The third-order valence-corrected chi connectivity index (χ3v) is 5.82. The van der Waals surface area contributed by atoms with Gasteiger partial charge in [0.25, 0.3) is 0 Å². The number of nitrogens with zero attached hydrogens (tertiary/aromatic N) is 2. The average Bonchev–Trinajstić information content (AvgIpc) is 3.08. The number of amides is 1. The number of hydrogen-bond acceptors (Lipinski definition) is 2. The van der Waals surface area contributed by atoms with E-state index < -0.39 is 0 Å². The van der Waals surface area contributed by atoms with Crippen LogP contribution in [0.25, 0.3) is 10.8 Å². The van der Waals surface area contributed by atoms with E-state index in [1.165, 1.54) is 29.2 Å². The fourth-order valence-electron chi connectivity index (χ4n) is 4.38. The maximum atomic E-state index is 12.7. The molecule has 1 saturated heterocycles. The van der Waals surface area contributed by atoms with Crippen molar-refractivity contribution in [2.24, 2.45) is 5.92 Å². The second-order valence-electron chi connectivity index (χ2n) is 7.62. The molecule has 3 heteroatoms. The molecule has 1 heterocycles. The Labute approximate surface area is 150 Å². The molecule has 1 amide bonds. The lowest BCUT2D eigenvalue weighted by atomic mass is 10.1. The molecule has 4 rings (SSSR count). The number of fused-ring (bicyclic) bond motifs is 1. The highest BCUT2D eigenvalue weighted by Crippen LogP contribution is 2.27. The van der Waals surface area contributed by atoms with Crippen LogP contribution in [0.15, 0.2) is 42.5 Å². The summed E-state index contributed by atoms with van der Waals surface area (Å²) in [6.45, 7) is 4.88. The first-order valence-corrected chi connectivity index (χ1v) is 9.78. The topological polar surface area (TPSA) is 23.6 Å². The van der Waals surface area contributed by atoms with Gasteiger partial charge in [0.1, 0.15) is 0 Å². The van der Waals surface area contributed by atoms with Gasteiger partial charge >= 0.3 is 0 Å². The molecule has 0 spiro atoms. The highest BCUT2D eigenvalue weighted by atomic mass is 16.2. The van der Waals surface area contributed by atoms with Crippen molar-refractivity contribution in [3.63, 3.8) is 0 Å². The maximum absolute atomic E-state index is 12.7. The molecule has 2 aliphatic rings. The Bertz CT molecular complexity index is 736. The molecule has 3 nitrogen and oxygen atoms in total. The van der Waals surface area contributed by atoms with E-state index in [0.717, 1.165) is 52.0 Å². The molecule has 2 aromatic carbocycles. The molecule has 0 radical (unpaired) electrons. The molecule has 0 unspecified atom stereocenters. The zero-order chi connectivity index (χ0) is 17.1. The predicted octanol–water partition coefficient (Wildman–Crippen LogP) is 4.06. The van der Waals surface area contributed by atoms with Crippen molar-refractivity contribution in [3.8, 4) is 0 Å². The molecule has 0 N–H and O–H groups in total. The lowest BCUT2D eigenvalue weighted by Crippen LogP contribution is -2.38. The predicted molar refractivity (Wildman–Crippen MR) is 102 cm³/mol. The van der Waals surface area contributed by atoms with Gasteiger partial charge in [0.05, 0.1) is 0 Å². The van der Waals surface area contributed by atoms with E-state index in [9.17, 15) is 4.79 Å². The van der Waals surface area contributed by atoms with E-state index in [0.29, 0.717) is 11.8 Å². The van der Waals surface area contributed by atoms with Gasteiger partial charge in [0.15, 0.2) is 0 Å². The molecule has 25 heavy (non-hydrogen) atoms. The summed E-state index contributed by atoms with van der Waals surface area (Å²) in [6.07, 6.45) is 5.77. The minimum absolute atomic E-state index is 0.312. The van der Waals surface area contributed by atoms with Crippen molar-refractivity contribution in [2.75, 3.05) is 26.2 Å². The number of carbonyl (C=O) groups excluding carboxylic acids is 1. The molecule has 2 fully saturated rings. The van der Waals surface area contributed by atoms with Gasteiger partial charge in [-0.25, -0.2) is 0 Å². The molecule has 2 aromatic rings. The molecule has 1 aliphatic carbocycles. The highest BCUT2D eigenvalue weighted by molar-refractivity contribution is 5.83. The van der Waals surface area contributed by atoms with Crippen molar-refractivity contribution < 1.29 is 4.79 Å². The van der Waals surface area contributed by atoms with Crippen LogP contribution in [0.3, 0.4) is 0 Å². The summed E-state index contributed by atoms with van der Waals surface area (Å²) >= 11 is 0. The quantitative estimate of drug-likeness (QED) is 0.844. The molecule has 1 saturated carbocycles. The smallest absolute Gasteiger partial charge is 0.225 e. The van der Waals surface area contributed by atoms with Crippen LogP contribution in [0.5, 0.6) is 0 Å². The van der Waals surface area contributed by atoms with Crippen LogP contribution in [0.4, 0.5) is 0 Å². The monoisotopic (exact) mass is 336 g/mol. The second kappa shape index (κ2) is 7.57. The summed E-state index contributed by atoms with van der Waals surface area (Å²) in [5.41, 5.74) is 1.37. The zero-order valence-corrected chi connectivity index (χ0v) is 15.0. The fraction of sp³-hybridized carbons (Fsp3) is 0.500. The molecule has 0 aromatic heterocycles. The summed E-state index contributed by atoms with van der Waals surface area (Å²) in [5.74, 6) is 0.733. The van der Waals surface area contributed by atoms with E-state index in [2.05, 4.69) is 52.3 Å². The van der Waals surface area contributed by atoms with Crippen LogP contribution in [-0.4, -0.2) is 41.9 Å². The van der Waals surface area contributed by atoms with Crippen molar-refractivity contribution in [1.29, 1.82) is 0 Å².